The number of nitrogens with zero attached hydrogens (tertiary/aromatic N) is 1. The smallest absolute Gasteiger partial charge is 0.407 e. The van der Waals surface area contributed by atoms with Crippen LogP contribution in [0.5, 0.6) is 5.75 Å². The number of methoxy groups -OCH3 is 1. The molecule has 0 saturated carbocycles. The van der Waals surface area contributed by atoms with E-state index in [4.69, 9.17) is 21.1 Å². The third-order valence-corrected chi connectivity index (χ3v) is 5.71. The monoisotopic (exact) mass is 359 g/mol. The van der Waals surface area contributed by atoms with Gasteiger partial charge in [0.2, 0.25) is 0 Å². The SMILES string of the molecule is COC(=O)c1sc(Cl)cc1OC1CC2CCCC(C1)N2C(=O)O. The molecule has 2 saturated heterocycles. The standard InChI is InChI=1S/C15H18ClNO5S/c1-21-14(18)13-11(7-12(16)23-13)22-10-5-8-3-2-4-9(6-10)17(8)15(19)20/h7-10H,2-6H2,1H3,(H,19,20). The highest BCUT2D eigenvalue weighted by Gasteiger charge is 2.42. The van der Waals surface area contributed by atoms with Crippen molar-refractivity contribution >= 4 is 35.0 Å². The average molecular weight is 360 g/mol. The summed E-state index contributed by atoms with van der Waals surface area (Å²) in [5, 5.41) is 9.38. The van der Waals surface area contributed by atoms with E-state index in [2.05, 4.69) is 0 Å². The molecule has 2 aliphatic heterocycles. The van der Waals surface area contributed by atoms with Gasteiger partial charge in [-0.2, -0.15) is 0 Å². The second-order valence-electron chi connectivity index (χ2n) is 5.88. The van der Waals surface area contributed by atoms with E-state index in [1.807, 2.05) is 0 Å². The highest BCUT2D eigenvalue weighted by atomic mass is 35.5. The molecule has 1 aromatic heterocycles. The van der Waals surface area contributed by atoms with Gasteiger partial charge in [0, 0.05) is 31.0 Å². The molecule has 3 heterocycles. The first-order chi connectivity index (χ1) is 11.0. The maximum Gasteiger partial charge on any atom is 0.407 e. The molecule has 2 aliphatic rings. The van der Waals surface area contributed by atoms with Gasteiger partial charge in [-0.05, 0) is 19.3 Å². The van der Waals surface area contributed by atoms with Crippen LogP contribution in [-0.2, 0) is 4.74 Å². The van der Waals surface area contributed by atoms with Crippen LogP contribution in [0.15, 0.2) is 6.07 Å². The summed E-state index contributed by atoms with van der Waals surface area (Å²) in [6.45, 7) is 0. The lowest BCUT2D eigenvalue weighted by Crippen LogP contribution is -2.56. The molecule has 0 aliphatic carbocycles. The number of carbonyl (C=O) groups excluding carboxylic acids is 1. The van der Waals surface area contributed by atoms with Crippen LogP contribution in [0.25, 0.3) is 0 Å². The molecule has 8 heteroatoms. The van der Waals surface area contributed by atoms with Crippen molar-refractivity contribution in [3.63, 3.8) is 0 Å². The highest BCUT2D eigenvalue weighted by molar-refractivity contribution is 7.18. The second kappa shape index (κ2) is 6.57. The maximum absolute atomic E-state index is 11.8. The third kappa shape index (κ3) is 3.26. The van der Waals surface area contributed by atoms with E-state index >= 15 is 0 Å². The molecule has 2 bridgehead atoms. The van der Waals surface area contributed by atoms with Gasteiger partial charge in [0.1, 0.15) is 11.9 Å². The topological polar surface area (TPSA) is 76.1 Å². The minimum atomic E-state index is -0.855. The van der Waals surface area contributed by atoms with Gasteiger partial charge in [-0.3, -0.25) is 0 Å². The normalized spacial score (nSPS) is 26.7. The summed E-state index contributed by atoms with van der Waals surface area (Å²) < 4.78 is 11.2. The van der Waals surface area contributed by atoms with E-state index in [1.54, 1.807) is 11.0 Å². The van der Waals surface area contributed by atoms with Gasteiger partial charge in [0.15, 0.2) is 4.88 Å². The van der Waals surface area contributed by atoms with E-state index in [0.717, 1.165) is 30.6 Å². The Morgan fingerprint density at radius 2 is 2.00 bits per heavy atom. The summed E-state index contributed by atoms with van der Waals surface area (Å²) in [5.74, 6) is -0.0428. The predicted molar refractivity (Wildman–Crippen MR) is 85.6 cm³/mol. The lowest BCUT2D eigenvalue weighted by molar-refractivity contribution is -0.00608. The number of thiophene rings is 1. The number of carboxylic acid groups (broad SMARTS) is 1. The van der Waals surface area contributed by atoms with Crippen LogP contribution >= 0.6 is 22.9 Å². The van der Waals surface area contributed by atoms with Gasteiger partial charge in [0.05, 0.1) is 11.4 Å². The predicted octanol–water partition coefficient (Wildman–Crippen LogP) is 3.63. The van der Waals surface area contributed by atoms with Crippen molar-refractivity contribution in [1.29, 1.82) is 0 Å². The number of piperidine rings is 2. The van der Waals surface area contributed by atoms with Crippen molar-refractivity contribution in [2.45, 2.75) is 50.3 Å². The second-order valence-corrected chi connectivity index (χ2v) is 7.56. The van der Waals surface area contributed by atoms with Gasteiger partial charge in [-0.1, -0.05) is 11.6 Å². The molecule has 2 fully saturated rings. The van der Waals surface area contributed by atoms with E-state index in [0.29, 0.717) is 27.8 Å². The molecule has 2 atom stereocenters. The lowest BCUT2D eigenvalue weighted by Gasteiger charge is -2.47. The molecule has 6 nitrogen and oxygen atoms in total. The molecule has 0 spiro atoms. The summed E-state index contributed by atoms with van der Waals surface area (Å²) >= 11 is 7.11. The fourth-order valence-electron chi connectivity index (χ4n) is 3.59. The average Bonchev–Trinajstić information content (AvgIpc) is 2.85. The fourth-order valence-corrected chi connectivity index (χ4v) is 4.65. The van der Waals surface area contributed by atoms with Crippen LogP contribution < -0.4 is 4.74 Å². The van der Waals surface area contributed by atoms with Gasteiger partial charge < -0.3 is 19.5 Å². The van der Waals surface area contributed by atoms with Crippen molar-refractivity contribution in [2.75, 3.05) is 7.11 Å². The van der Waals surface area contributed by atoms with Crippen molar-refractivity contribution in [3.05, 3.63) is 15.3 Å². The van der Waals surface area contributed by atoms with Gasteiger partial charge >= 0.3 is 12.1 Å². The Hall–Kier alpha value is -1.47. The first kappa shape index (κ1) is 16.4. The number of rotatable bonds is 3. The molecule has 3 rings (SSSR count). The Balaban J connectivity index is 1.75. The zero-order valence-electron chi connectivity index (χ0n) is 12.7. The number of halogens is 1. The summed E-state index contributed by atoms with van der Waals surface area (Å²) in [4.78, 5) is 25.1. The van der Waals surface area contributed by atoms with E-state index in [-0.39, 0.29) is 18.2 Å². The number of carbonyl (C=O) groups is 2. The van der Waals surface area contributed by atoms with Gasteiger partial charge in [0.25, 0.3) is 0 Å². The molecule has 0 radical (unpaired) electrons. The van der Waals surface area contributed by atoms with Crippen molar-refractivity contribution in [3.8, 4) is 5.75 Å². The van der Waals surface area contributed by atoms with E-state index < -0.39 is 12.1 Å². The Morgan fingerprint density at radius 3 is 2.57 bits per heavy atom. The Labute approximate surface area is 142 Å². The number of amides is 1. The summed E-state index contributed by atoms with van der Waals surface area (Å²) in [7, 11) is 1.31. The largest absolute Gasteiger partial charge is 0.488 e. The van der Waals surface area contributed by atoms with Crippen LogP contribution in [0, 0.1) is 0 Å². The Kier molecular flexibility index (Phi) is 4.68. The number of hydrogen-bond acceptors (Lipinski definition) is 5. The fraction of sp³-hybridized carbons (Fsp3) is 0.600. The molecular weight excluding hydrogens is 342 g/mol. The van der Waals surface area contributed by atoms with Crippen molar-refractivity contribution in [1.82, 2.24) is 4.90 Å². The molecule has 23 heavy (non-hydrogen) atoms. The number of esters is 1. The molecule has 126 valence electrons. The van der Waals surface area contributed by atoms with Gasteiger partial charge in [-0.25, -0.2) is 9.59 Å². The molecule has 1 N–H and O–H groups in total. The van der Waals surface area contributed by atoms with Crippen LogP contribution in [0.4, 0.5) is 4.79 Å². The van der Waals surface area contributed by atoms with Crippen LogP contribution in [-0.4, -0.2) is 47.4 Å². The van der Waals surface area contributed by atoms with Crippen molar-refractivity contribution in [2.24, 2.45) is 0 Å². The van der Waals surface area contributed by atoms with E-state index in [9.17, 15) is 14.7 Å². The van der Waals surface area contributed by atoms with Crippen LogP contribution in [0.2, 0.25) is 4.34 Å². The number of fused-ring (bicyclic) bond motifs is 2. The zero-order valence-corrected chi connectivity index (χ0v) is 14.2. The minimum Gasteiger partial charge on any atom is -0.488 e. The van der Waals surface area contributed by atoms with Crippen LogP contribution in [0.1, 0.15) is 41.8 Å². The van der Waals surface area contributed by atoms with Crippen LogP contribution in [0.3, 0.4) is 0 Å². The van der Waals surface area contributed by atoms with E-state index in [1.165, 1.54) is 7.11 Å². The van der Waals surface area contributed by atoms with Crippen molar-refractivity contribution < 1.29 is 24.2 Å². The molecule has 1 amide bonds. The molecule has 2 unspecified atom stereocenters. The summed E-state index contributed by atoms with van der Waals surface area (Å²) in [6, 6.07) is 1.60. The quantitative estimate of drug-likeness (QED) is 0.834. The number of ether oxygens (including phenoxy) is 2. The lowest BCUT2D eigenvalue weighted by atomic mass is 9.83. The zero-order chi connectivity index (χ0) is 16.6. The minimum absolute atomic E-state index is 0.0133. The Morgan fingerprint density at radius 1 is 1.35 bits per heavy atom. The summed E-state index contributed by atoms with van der Waals surface area (Å²) in [6.07, 6.45) is 3.06. The highest BCUT2D eigenvalue weighted by Crippen LogP contribution is 2.39. The first-order valence-corrected chi connectivity index (χ1v) is 8.74. The Bertz CT molecular complexity index is 605. The molecule has 1 aromatic rings. The summed E-state index contributed by atoms with van der Waals surface area (Å²) in [5.41, 5.74) is 0. The van der Waals surface area contributed by atoms with Gasteiger partial charge in [-0.15, -0.1) is 11.3 Å². The molecular formula is C15H18ClNO5S. The number of hydrogen-bond donors (Lipinski definition) is 1. The third-order valence-electron chi connectivity index (χ3n) is 4.48. The maximum atomic E-state index is 11.8. The molecule has 0 aromatic carbocycles. The first-order valence-electron chi connectivity index (χ1n) is 7.55.